The molecule has 3 atom stereocenters. The van der Waals surface area contributed by atoms with Crippen molar-refractivity contribution >= 4 is 0 Å². The zero-order chi connectivity index (χ0) is 5.56. The molecule has 1 saturated carbocycles. The topological polar surface area (TPSA) is 38.0 Å². The number of rotatable bonds is 0. The highest BCUT2D eigenvalue weighted by Gasteiger charge is 2.43. The Bertz CT molecular complexity index is 103. The fourth-order valence-electron chi connectivity index (χ4n) is 1.62. The van der Waals surface area contributed by atoms with Crippen LogP contribution in [0.3, 0.4) is 0 Å². The molecule has 0 bridgehead atoms. The van der Waals surface area contributed by atoms with E-state index in [1.165, 1.54) is 13.0 Å². The van der Waals surface area contributed by atoms with Crippen molar-refractivity contribution in [2.24, 2.45) is 17.6 Å². The standard InChI is InChI=1S/C6H12N2/c7-6-3-8-2-4-1-5(4)6/h4-6,8H,1-3,7H2. The molecule has 2 rings (SSSR count). The van der Waals surface area contributed by atoms with Gasteiger partial charge in [-0.1, -0.05) is 0 Å². The molecule has 0 radical (unpaired) electrons. The number of nitrogens with two attached hydrogens (primary N) is 1. The van der Waals surface area contributed by atoms with Gasteiger partial charge in [0.05, 0.1) is 0 Å². The average molecular weight is 112 g/mol. The first-order valence-corrected chi connectivity index (χ1v) is 3.34. The Hall–Kier alpha value is -0.0800. The van der Waals surface area contributed by atoms with Crippen LogP contribution in [-0.4, -0.2) is 19.1 Å². The van der Waals surface area contributed by atoms with Crippen molar-refractivity contribution in [2.45, 2.75) is 12.5 Å². The van der Waals surface area contributed by atoms with E-state index in [1.807, 2.05) is 0 Å². The third kappa shape index (κ3) is 0.565. The number of nitrogens with one attached hydrogen (secondary N) is 1. The lowest BCUT2D eigenvalue weighted by Crippen LogP contribution is -2.41. The molecule has 0 aromatic heterocycles. The molecule has 1 aliphatic heterocycles. The summed E-state index contributed by atoms with van der Waals surface area (Å²) in [6.07, 6.45) is 1.38. The number of fused-ring (bicyclic) bond motifs is 1. The molecule has 0 aromatic carbocycles. The van der Waals surface area contributed by atoms with Crippen molar-refractivity contribution in [3.05, 3.63) is 0 Å². The van der Waals surface area contributed by atoms with Gasteiger partial charge in [-0.25, -0.2) is 0 Å². The van der Waals surface area contributed by atoms with Gasteiger partial charge in [0.15, 0.2) is 0 Å². The average Bonchev–Trinajstić information content (AvgIpc) is 2.45. The van der Waals surface area contributed by atoms with Crippen molar-refractivity contribution in [1.29, 1.82) is 0 Å². The predicted octanol–water partition coefficient (Wildman–Crippen LogP) is -0.447. The van der Waals surface area contributed by atoms with E-state index < -0.39 is 0 Å². The van der Waals surface area contributed by atoms with Gasteiger partial charge in [0, 0.05) is 12.6 Å². The SMILES string of the molecule is NC1CNCC2CC12. The van der Waals surface area contributed by atoms with Crippen molar-refractivity contribution in [3.8, 4) is 0 Å². The first kappa shape index (κ1) is 4.77. The van der Waals surface area contributed by atoms with Crippen molar-refractivity contribution in [2.75, 3.05) is 13.1 Å². The minimum Gasteiger partial charge on any atom is -0.326 e. The van der Waals surface area contributed by atoms with Crippen molar-refractivity contribution in [3.63, 3.8) is 0 Å². The fourth-order valence-corrected chi connectivity index (χ4v) is 1.62. The lowest BCUT2D eigenvalue weighted by molar-refractivity contribution is 0.437. The molecule has 2 nitrogen and oxygen atoms in total. The van der Waals surface area contributed by atoms with E-state index >= 15 is 0 Å². The molecule has 1 aliphatic carbocycles. The third-order valence-corrected chi connectivity index (χ3v) is 2.31. The Morgan fingerprint density at radius 1 is 1.38 bits per heavy atom. The summed E-state index contributed by atoms with van der Waals surface area (Å²) in [5, 5.41) is 3.30. The van der Waals surface area contributed by atoms with E-state index in [4.69, 9.17) is 5.73 Å². The number of hydrogen-bond acceptors (Lipinski definition) is 2. The molecule has 0 aromatic rings. The molecule has 3 unspecified atom stereocenters. The second-order valence-electron chi connectivity index (χ2n) is 2.98. The molecular formula is C6H12N2. The zero-order valence-electron chi connectivity index (χ0n) is 4.93. The molecule has 2 aliphatic rings. The van der Waals surface area contributed by atoms with Gasteiger partial charge in [-0.3, -0.25) is 0 Å². The van der Waals surface area contributed by atoms with Crippen LogP contribution in [0.15, 0.2) is 0 Å². The van der Waals surface area contributed by atoms with Crippen LogP contribution in [0.25, 0.3) is 0 Å². The highest BCUT2D eigenvalue weighted by molar-refractivity contribution is 4.98. The van der Waals surface area contributed by atoms with E-state index in [9.17, 15) is 0 Å². The molecule has 0 spiro atoms. The van der Waals surface area contributed by atoms with Crippen LogP contribution in [0.5, 0.6) is 0 Å². The second-order valence-corrected chi connectivity index (χ2v) is 2.98. The van der Waals surface area contributed by atoms with Crippen LogP contribution in [0.2, 0.25) is 0 Å². The number of piperidine rings is 1. The normalized spacial score (nSPS) is 52.9. The van der Waals surface area contributed by atoms with Crippen LogP contribution < -0.4 is 11.1 Å². The summed E-state index contributed by atoms with van der Waals surface area (Å²) >= 11 is 0. The predicted molar refractivity (Wildman–Crippen MR) is 32.4 cm³/mol. The molecule has 3 N–H and O–H groups in total. The third-order valence-electron chi connectivity index (χ3n) is 2.31. The molecule has 0 amide bonds. The molecule has 2 heteroatoms. The van der Waals surface area contributed by atoms with Gasteiger partial charge < -0.3 is 11.1 Å². The van der Waals surface area contributed by atoms with Gasteiger partial charge in [-0.15, -0.1) is 0 Å². The summed E-state index contributed by atoms with van der Waals surface area (Å²) in [6.45, 7) is 2.26. The lowest BCUT2D eigenvalue weighted by Gasteiger charge is -2.17. The Morgan fingerprint density at radius 2 is 2.25 bits per heavy atom. The summed E-state index contributed by atoms with van der Waals surface area (Å²) in [7, 11) is 0. The summed E-state index contributed by atoms with van der Waals surface area (Å²) in [5.74, 6) is 1.83. The Kier molecular flexibility index (Phi) is 0.866. The summed E-state index contributed by atoms with van der Waals surface area (Å²) in [4.78, 5) is 0. The maximum Gasteiger partial charge on any atom is 0.0197 e. The maximum atomic E-state index is 5.76. The van der Waals surface area contributed by atoms with Gasteiger partial charge in [0.1, 0.15) is 0 Å². The smallest absolute Gasteiger partial charge is 0.0197 e. The summed E-state index contributed by atoms with van der Waals surface area (Å²) in [6, 6.07) is 0.466. The van der Waals surface area contributed by atoms with Crippen LogP contribution in [0.1, 0.15) is 6.42 Å². The quantitative estimate of drug-likeness (QED) is 0.445. The summed E-state index contributed by atoms with van der Waals surface area (Å²) < 4.78 is 0. The van der Waals surface area contributed by atoms with Crippen molar-refractivity contribution in [1.82, 2.24) is 5.32 Å². The van der Waals surface area contributed by atoms with Gasteiger partial charge in [-0.2, -0.15) is 0 Å². The van der Waals surface area contributed by atoms with E-state index in [0.717, 1.165) is 18.4 Å². The second kappa shape index (κ2) is 1.45. The molecule has 1 heterocycles. The van der Waals surface area contributed by atoms with Gasteiger partial charge in [0.25, 0.3) is 0 Å². The van der Waals surface area contributed by atoms with Gasteiger partial charge in [-0.05, 0) is 24.8 Å². The summed E-state index contributed by atoms with van der Waals surface area (Å²) in [5.41, 5.74) is 5.76. The molecular weight excluding hydrogens is 100 g/mol. The fraction of sp³-hybridized carbons (Fsp3) is 1.00. The minimum absolute atomic E-state index is 0.466. The molecule has 8 heavy (non-hydrogen) atoms. The highest BCUT2D eigenvalue weighted by Crippen LogP contribution is 2.41. The zero-order valence-corrected chi connectivity index (χ0v) is 4.93. The van der Waals surface area contributed by atoms with Crippen LogP contribution >= 0.6 is 0 Å². The highest BCUT2D eigenvalue weighted by atomic mass is 15.0. The van der Waals surface area contributed by atoms with E-state index in [-0.39, 0.29) is 0 Å². The van der Waals surface area contributed by atoms with E-state index in [2.05, 4.69) is 5.32 Å². The first-order chi connectivity index (χ1) is 3.88. The van der Waals surface area contributed by atoms with E-state index in [1.54, 1.807) is 0 Å². The van der Waals surface area contributed by atoms with Crippen molar-refractivity contribution < 1.29 is 0 Å². The number of hydrogen-bond donors (Lipinski definition) is 2. The first-order valence-electron chi connectivity index (χ1n) is 3.34. The minimum atomic E-state index is 0.466. The Labute approximate surface area is 49.4 Å². The lowest BCUT2D eigenvalue weighted by atomic mass is 10.1. The molecule has 46 valence electrons. The van der Waals surface area contributed by atoms with Crippen LogP contribution in [0, 0.1) is 11.8 Å². The van der Waals surface area contributed by atoms with Crippen LogP contribution in [0.4, 0.5) is 0 Å². The van der Waals surface area contributed by atoms with Gasteiger partial charge >= 0.3 is 0 Å². The molecule has 1 saturated heterocycles. The Morgan fingerprint density at radius 3 is 2.88 bits per heavy atom. The largest absolute Gasteiger partial charge is 0.326 e. The van der Waals surface area contributed by atoms with Gasteiger partial charge in [0.2, 0.25) is 0 Å². The molecule has 2 fully saturated rings. The van der Waals surface area contributed by atoms with E-state index in [0.29, 0.717) is 6.04 Å². The Balaban J connectivity index is 1.99. The van der Waals surface area contributed by atoms with Crippen LogP contribution in [-0.2, 0) is 0 Å². The maximum absolute atomic E-state index is 5.76. The monoisotopic (exact) mass is 112 g/mol.